The molecule has 0 saturated carbocycles. The van der Waals surface area contributed by atoms with Crippen molar-refractivity contribution >= 4 is 0 Å². The Hall–Kier alpha value is -1.28. The molecule has 0 radical (unpaired) electrons. The first kappa shape index (κ1) is 10.2. The third-order valence-electron chi connectivity index (χ3n) is 2.62. The monoisotopic (exact) mass is 204 g/mol. The molecular weight excluding hydrogens is 188 g/mol. The Morgan fingerprint density at radius 2 is 2.00 bits per heavy atom. The summed E-state index contributed by atoms with van der Waals surface area (Å²) in [7, 11) is 1.68. The molecule has 0 spiro atoms. The van der Waals surface area contributed by atoms with Crippen molar-refractivity contribution in [3.63, 3.8) is 0 Å². The Morgan fingerprint density at radius 3 is 2.60 bits per heavy atom. The highest BCUT2D eigenvalue weighted by Gasteiger charge is 2.16. The molecule has 1 heterocycles. The van der Waals surface area contributed by atoms with Gasteiger partial charge in [0, 0.05) is 0 Å². The minimum Gasteiger partial charge on any atom is -0.497 e. The zero-order chi connectivity index (χ0) is 10.7. The van der Waals surface area contributed by atoms with E-state index in [-0.39, 0.29) is 12.2 Å². The van der Waals surface area contributed by atoms with Crippen molar-refractivity contribution in [1.82, 2.24) is 0 Å². The predicted molar refractivity (Wildman–Crippen MR) is 60.0 cm³/mol. The largest absolute Gasteiger partial charge is 0.497 e. The molecule has 1 aromatic rings. The lowest BCUT2D eigenvalue weighted by atomic mass is 10.0. The highest BCUT2D eigenvalue weighted by molar-refractivity contribution is 5.29. The summed E-state index contributed by atoms with van der Waals surface area (Å²) in [6, 6.07) is 8.08. The fourth-order valence-corrected chi connectivity index (χ4v) is 1.79. The van der Waals surface area contributed by atoms with Crippen LogP contribution in [0.3, 0.4) is 0 Å². The van der Waals surface area contributed by atoms with Crippen molar-refractivity contribution in [2.75, 3.05) is 7.11 Å². The number of hydrogen-bond donors (Lipinski definition) is 0. The van der Waals surface area contributed by atoms with Gasteiger partial charge in [0.1, 0.15) is 5.75 Å². The van der Waals surface area contributed by atoms with Gasteiger partial charge in [0.15, 0.2) is 0 Å². The zero-order valence-corrected chi connectivity index (χ0v) is 9.14. The van der Waals surface area contributed by atoms with Crippen LogP contribution in [0.4, 0.5) is 0 Å². The smallest absolute Gasteiger partial charge is 0.118 e. The van der Waals surface area contributed by atoms with Crippen molar-refractivity contribution < 1.29 is 9.47 Å². The fourth-order valence-electron chi connectivity index (χ4n) is 1.79. The molecule has 0 fully saturated rings. The molecule has 15 heavy (non-hydrogen) atoms. The van der Waals surface area contributed by atoms with Crippen LogP contribution < -0.4 is 4.74 Å². The summed E-state index contributed by atoms with van der Waals surface area (Å²) in [6.07, 6.45) is 5.64. The molecule has 2 nitrogen and oxygen atoms in total. The number of benzene rings is 1. The minimum atomic E-state index is 0.191. The zero-order valence-electron chi connectivity index (χ0n) is 9.14. The first-order valence-electron chi connectivity index (χ1n) is 5.25. The van der Waals surface area contributed by atoms with E-state index in [1.54, 1.807) is 7.11 Å². The summed E-state index contributed by atoms with van der Waals surface area (Å²) in [6.45, 7) is 2.06. The average Bonchev–Trinajstić information content (AvgIpc) is 2.29. The van der Waals surface area contributed by atoms with E-state index in [0.717, 1.165) is 12.2 Å². The topological polar surface area (TPSA) is 18.5 Å². The van der Waals surface area contributed by atoms with Crippen molar-refractivity contribution in [1.29, 1.82) is 0 Å². The van der Waals surface area contributed by atoms with Crippen LogP contribution in [0.2, 0.25) is 0 Å². The molecule has 0 amide bonds. The normalized spacial score (nSPS) is 25.2. The highest BCUT2D eigenvalue weighted by atomic mass is 16.5. The van der Waals surface area contributed by atoms with E-state index in [2.05, 4.69) is 31.2 Å². The number of ether oxygens (including phenoxy) is 2. The molecule has 0 bridgehead atoms. The van der Waals surface area contributed by atoms with E-state index in [9.17, 15) is 0 Å². The van der Waals surface area contributed by atoms with Crippen LogP contribution in [0.25, 0.3) is 0 Å². The van der Waals surface area contributed by atoms with Gasteiger partial charge in [-0.15, -0.1) is 0 Å². The van der Waals surface area contributed by atoms with Crippen LogP contribution in [-0.4, -0.2) is 13.2 Å². The van der Waals surface area contributed by atoms with Gasteiger partial charge in [-0.05, 0) is 31.0 Å². The third-order valence-corrected chi connectivity index (χ3v) is 2.62. The molecule has 0 N–H and O–H groups in total. The summed E-state index contributed by atoms with van der Waals surface area (Å²) >= 11 is 0. The minimum absolute atomic E-state index is 0.191. The maximum atomic E-state index is 5.82. The number of hydrogen-bond acceptors (Lipinski definition) is 2. The summed E-state index contributed by atoms with van der Waals surface area (Å²) < 4.78 is 10.9. The average molecular weight is 204 g/mol. The van der Waals surface area contributed by atoms with Gasteiger partial charge in [-0.1, -0.05) is 24.3 Å². The van der Waals surface area contributed by atoms with Crippen LogP contribution in [0.1, 0.15) is 25.0 Å². The first-order valence-corrected chi connectivity index (χ1v) is 5.25. The van der Waals surface area contributed by atoms with Crippen molar-refractivity contribution in [3.8, 4) is 5.75 Å². The van der Waals surface area contributed by atoms with Gasteiger partial charge in [0.25, 0.3) is 0 Å². The molecule has 80 valence electrons. The van der Waals surface area contributed by atoms with Gasteiger partial charge in [-0.25, -0.2) is 0 Å². The summed E-state index contributed by atoms with van der Waals surface area (Å²) in [4.78, 5) is 0. The quantitative estimate of drug-likeness (QED) is 0.689. The second-order valence-electron chi connectivity index (χ2n) is 3.77. The molecule has 1 aromatic carbocycles. The molecule has 1 aliphatic rings. The predicted octanol–water partition coefficient (Wildman–Crippen LogP) is 3.10. The molecule has 2 rings (SSSR count). The van der Waals surface area contributed by atoms with Crippen molar-refractivity contribution in [2.45, 2.75) is 25.6 Å². The van der Waals surface area contributed by atoms with Gasteiger partial charge in [0.05, 0.1) is 19.3 Å². The molecule has 0 unspecified atom stereocenters. The molecule has 0 aliphatic carbocycles. The standard InChI is InChI=1S/C13H16O2/c1-10-4-3-5-13(15-10)11-6-8-12(14-2)9-7-11/h3-4,6-10,13H,5H2,1-2H3/t10-,13+/m1/s1. The number of rotatable bonds is 2. The fraction of sp³-hybridized carbons (Fsp3) is 0.385. The van der Waals surface area contributed by atoms with E-state index < -0.39 is 0 Å². The van der Waals surface area contributed by atoms with Crippen LogP contribution in [-0.2, 0) is 4.74 Å². The second-order valence-corrected chi connectivity index (χ2v) is 3.77. The molecular formula is C13H16O2. The maximum absolute atomic E-state index is 5.82. The summed E-state index contributed by atoms with van der Waals surface area (Å²) in [5.41, 5.74) is 1.21. The third kappa shape index (κ3) is 2.39. The Bertz CT molecular complexity index is 340. The van der Waals surface area contributed by atoms with E-state index in [0.29, 0.717) is 0 Å². The highest BCUT2D eigenvalue weighted by Crippen LogP contribution is 2.28. The van der Waals surface area contributed by atoms with Gasteiger partial charge in [-0.2, -0.15) is 0 Å². The molecule has 2 atom stereocenters. The van der Waals surface area contributed by atoms with Crippen LogP contribution in [0.5, 0.6) is 5.75 Å². The van der Waals surface area contributed by atoms with Crippen LogP contribution in [0.15, 0.2) is 36.4 Å². The van der Waals surface area contributed by atoms with E-state index >= 15 is 0 Å². The van der Waals surface area contributed by atoms with Crippen LogP contribution >= 0.6 is 0 Å². The Balaban J connectivity index is 2.12. The number of methoxy groups -OCH3 is 1. The van der Waals surface area contributed by atoms with E-state index in [4.69, 9.17) is 9.47 Å². The lowest BCUT2D eigenvalue weighted by Gasteiger charge is -2.24. The maximum Gasteiger partial charge on any atom is 0.118 e. The molecule has 0 saturated heterocycles. The van der Waals surface area contributed by atoms with Crippen LogP contribution in [0, 0.1) is 0 Å². The summed E-state index contributed by atoms with van der Waals surface area (Å²) in [5.74, 6) is 0.887. The van der Waals surface area contributed by atoms with Gasteiger partial charge < -0.3 is 9.47 Å². The summed E-state index contributed by atoms with van der Waals surface area (Å²) in [5, 5.41) is 0. The molecule has 1 aliphatic heterocycles. The Labute approximate surface area is 90.5 Å². The van der Waals surface area contributed by atoms with E-state index in [1.165, 1.54) is 5.56 Å². The molecule has 0 aromatic heterocycles. The molecule has 2 heteroatoms. The van der Waals surface area contributed by atoms with Gasteiger partial charge in [-0.3, -0.25) is 0 Å². The second kappa shape index (κ2) is 4.49. The van der Waals surface area contributed by atoms with E-state index in [1.807, 2.05) is 12.1 Å². The Morgan fingerprint density at radius 1 is 1.27 bits per heavy atom. The van der Waals surface area contributed by atoms with Crippen molar-refractivity contribution in [3.05, 3.63) is 42.0 Å². The lowest BCUT2D eigenvalue weighted by Crippen LogP contribution is -2.14. The van der Waals surface area contributed by atoms with Gasteiger partial charge >= 0.3 is 0 Å². The SMILES string of the molecule is COc1ccc([C@@H]2CC=C[C@@H](C)O2)cc1. The Kier molecular flexibility index (Phi) is 3.07. The van der Waals surface area contributed by atoms with Gasteiger partial charge in [0.2, 0.25) is 0 Å². The first-order chi connectivity index (χ1) is 7.29. The lowest BCUT2D eigenvalue weighted by molar-refractivity contribution is 0.0146. The van der Waals surface area contributed by atoms with Crippen molar-refractivity contribution in [2.24, 2.45) is 0 Å².